The number of ether oxygens (including phenoxy) is 1. The van der Waals surface area contributed by atoms with Gasteiger partial charge in [0.1, 0.15) is 11.6 Å². The molecule has 7 nitrogen and oxygen atoms in total. The maximum Gasteiger partial charge on any atom is 0.266 e. The van der Waals surface area contributed by atoms with E-state index in [1.165, 1.54) is 30.3 Å². The Kier molecular flexibility index (Phi) is 6.04. The van der Waals surface area contributed by atoms with Gasteiger partial charge in [-0.25, -0.2) is 0 Å². The highest BCUT2D eigenvalue weighted by Crippen LogP contribution is 2.18. The second-order valence-electron chi connectivity index (χ2n) is 6.18. The van der Waals surface area contributed by atoms with Crippen molar-refractivity contribution in [1.29, 1.82) is 5.26 Å². The zero-order chi connectivity index (χ0) is 19.9. The predicted molar refractivity (Wildman–Crippen MR) is 102 cm³/mol. The van der Waals surface area contributed by atoms with Crippen LogP contribution in [0.1, 0.15) is 15.9 Å². The maximum atomic E-state index is 12.3. The summed E-state index contributed by atoms with van der Waals surface area (Å²) in [6, 6.07) is 15.0. The highest BCUT2D eigenvalue weighted by Gasteiger charge is 2.12. The van der Waals surface area contributed by atoms with Crippen molar-refractivity contribution < 1.29 is 19.4 Å². The van der Waals surface area contributed by atoms with Crippen molar-refractivity contribution in [3.8, 4) is 6.07 Å². The molecule has 1 N–H and O–H groups in total. The summed E-state index contributed by atoms with van der Waals surface area (Å²) in [7, 11) is 0. The van der Waals surface area contributed by atoms with Crippen LogP contribution in [0.5, 0.6) is 0 Å². The number of carboxylic acid groups (broad SMARTS) is 1. The number of carbonyl (C=O) groups excluding carboxylic acids is 2. The zero-order valence-electron chi connectivity index (χ0n) is 15.1. The van der Waals surface area contributed by atoms with Gasteiger partial charge >= 0.3 is 0 Å². The Hall–Kier alpha value is -3.63. The Morgan fingerprint density at radius 2 is 1.71 bits per heavy atom. The molecule has 0 bridgehead atoms. The first-order chi connectivity index (χ1) is 13.6. The fraction of sp³-hybridized carbons (Fsp3) is 0.190. The van der Waals surface area contributed by atoms with Crippen LogP contribution in [0.3, 0.4) is 0 Å². The van der Waals surface area contributed by atoms with Crippen LogP contribution in [0.2, 0.25) is 0 Å². The van der Waals surface area contributed by atoms with Gasteiger partial charge < -0.3 is 24.9 Å². The molecule has 28 heavy (non-hydrogen) atoms. The molecule has 0 atom stereocenters. The summed E-state index contributed by atoms with van der Waals surface area (Å²) in [6.07, 6.45) is 1.51. The van der Waals surface area contributed by atoms with Crippen LogP contribution in [0, 0.1) is 11.3 Å². The number of nitrogens with one attached hydrogen (secondary N) is 1. The molecule has 0 unspecified atom stereocenters. The number of anilines is 2. The highest BCUT2D eigenvalue weighted by molar-refractivity contribution is 6.09. The lowest BCUT2D eigenvalue weighted by Gasteiger charge is -2.28. The predicted octanol–water partition coefficient (Wildman–Crippen LogP) is 1.43. The van der Waals surface area contributed by atoms with Gasteiger partial charge in [0.05, 0.1) is 19.2 Å². The van der Waals surface area contributed by atoms with E-state index in [9.17, 15) is 20.0 Å². The van der Waals surface area contributed by atoms with E-state index >= 15 is 0 Å². The quantitative estimate of drug-likeness (QED) is 0.625. The van der Waals surface area contributed by atoms with Crippen LogP contribution in [-0.4, -0.2) is 38.2 Å². The molecule has 0 saturated carbocycles. The van der Waals surface area contributed by atoms with Gasteiger partial charge in [-0.1, -0.05) is 24.3 Å². The van der Waals surface area contributed by atoms with Gasteiger partial charge in [-0.15, -0.1) is 0 Å². The van der Waals surface area contributed by atoms with Gasteiger partial charge in [-0.3, -0.25) is 4.79 Å². The molecule has 0 radical (unpaired) electrons. The van der Waals surface area contributed by atoms with Gasteiger partial charge in [0.15, 0.2) is 0 Å². The number of hydrogen-bond donors (Lipinski definition) is 1. The zero-order valence-corrected chi connectivity index (χ0v) is 15.1. The molecule has 1 aliphatic rings. The Bertz CT molecular complexity index is 922. The van der Waals surface area contributed by atoms with Crippen LogP contribution in [0.4, 0.5) is 11.4 Å². The van der Waals surface area contributed by atoms with Crippen LogP contribution in [0.25, 0.3) is 6.08 Å². The van der Waals surface area contributed by atoms with Crippen LogP contribution >= 0.6 is 0 Å². The summed E-state index contributed by atoms with van der Waals surface area (Å²) >= 11 is 0. The van der Waals surface area contributed by atoms with Gasteiger partial charge in [0.2, 0.25) is 0 Å². The number of carbonyl (C=O) groups is 2. The number of carboxylic acids is 1. The molecule has 1 fully saturated rings. The number of nitriles is 1. The lowest BCUT2D eigenvalue weighted by atomic mass is 10.1. The smallest absolute Gasteiger partial charge is 0.266 e. The summed E-state index contributed by atoms with van der Waals surface area (Å²) < 4.78 is 5.34. The average molecular weight is 376 g/mol. The first-order valence-electron chi connectivity index (χ1n) is 8.74. The first-order valence-corrected chi connectivity index (χ1v) is 8.74. The Morgan fingerprint density at radius 3 is 2.29 bits per heavy atom. The monoisotopic (exact) mass is 376 g/mol. The number of aromatic carboxylic acids is 1. The summed E-state index contributed by atoms with van der Waals surface area (Å²) in [5, 5.41) is 22.7. The van der Waals surface area contributed by atoms with Crippen LogP contribution in [0.15, 0.2) is 54.1 Å². The van der Waals surface area contributed by atoms with Crippen molar-refractivity contribution in [2.75, 3.05) is 36.5 Å². The van der Waals surface area contributed by atoms with Crippen molar-refractivity contribution >= 4 is 29.3 Å². The Balaban J connectivity index is 1.69. The minimum absolute atomic E-state index is 0.00871. The molecule has 1 saturated heterocycles. The highest BCUT2D eigenvalue weighted by atomic mass is 16.5. The van der Waals surface area contributed by atoms with Gasteiger partial charge in [0.25, 0.3) is 5.91 Å². The molecular formula is C21H18N3O4-. The first kappa shape index (κ1) is 19.1. The van der Waals surface area contributed by atoms with E-state index in [1.807, 2.05) is 30.3 Å². The van der Waals surface area contributed by atoms with Crippen LogP contribution < -0.4 is 15.3 Å². The number of nitrogens with zero attached hydrogens (tertiary/aromatic N) is 2. The van der Waals surface area contributed by atoms with E-state index in [2.05, 4.69) is 10.2 Å². The molecule has 7 heteroatoms. The summed E-state index contributed by atoms with van der Waals surface area (Å²) in [4.78, 5) is 25.3. The standard InChI is InChI=1S/C21H19N3O4/c22-14-17(20(25)23-18-5-3-16(4-6-18)21(26)27)13-15-1-7-19(8-2-15)24-9-11-28-12-10-24/h1-8,13H,9-12H2,(H,23,25)(H,26,27)/p-1/b17-13+. The van der Waals surface area contributed by atoms with Crippen molar-refractivity contribution in [2.45, 2.75) is 0 Å². The largest absolute Gasteiger partial charge is 0.545 e. The topological polar surface area (TPSA) is 105 Å². The third-order valence-corrected chi connectivity index (χ3v) is 4.32. The van der Waals surface area contributed by atoms with E-state index in [0.717, 1.165) is 24.3 Å². The SMILES string of the molecule is N#C/C(=C\c1ccc(N2CCOCC2)cc1)C(=O)Nc1ccc(C(=O)[O-])cc1. The van der Waals surface area contributed by atoms with Crippen molar-refractivity contribution in [2.24, 2.45) is 0 Å². The van der Waals surface area contributed by atoms with Crippen molar-refractivity contribution in [3.05, 3.63) is 65.2 Å². The van der Waals surface area contributed by atoms with Crippen molar-refractivity contribution in [3.63, 3.8) is 0 Å². The third-order valence-electron chi connectivity index (χ3n) is 4.32. The molecular weight excluding hydrogens is 358 g/mol. The van der Waals surface area contributed by atoms with E-state index in [1.54, 1.807) is 0 Å². The minimum atomic E-state index is -1.30. The summed E-state index contributed by atoms with van der Waals surface area (Å²) in [6.45, 7) is 3.06. The molecule has 3 rings (SSSR count). The fourth-order valence-electron chi connectivity index (χ4n) is 2.81. The lowest BCUT2D eigenvalue weighted by molar-refractivity contribution is -0.255. The number of morpholine rings is 1. The lowest BCUT2D eigenvalue weighted by Crippen LogP contribution is -2.36. The summed E-state index contributed by atoms with van der Waals surface area (Å²) in [5.41, 5.74) is 2.14. The van der Waals surface area contributed by atoms with Gasteiger partial charge in [-0.2, -0.15) is 5.26 Å². The number of hydrogen-bond acceptors (Lipinski definition) is 6. The van der Waals surface area contributed by atoms with E-state index in [-0.39, 0.29) is 11.1 Å². The second-order valence-corrected chi connectivity index (χ2v) is 6.18. The van der Waals surface area contributed by atoms with Gasteiger partial charge in [0, 0.05) is 24.5 Å². The maximum absolute atomic E-state index is 12.3. The van der Waals surface area contributed by atoms with E-state index in [4.69, 9.17) is 4.74 Å². The normalized spacial score (nSPS) is 14.2. The van der Waals surface area contributed by atoms with E-state index < -0.39 is 11.9 Å². The number of amides is 1. The molecule has 1 amide bonds. The Labute approximate surface area is 162 Å². The van der Waals surface area contributed by atoms with E-state index in [0.29, 0.717) is 18.9 Å². The molecule has 1 aliphatic heterocycles. The fourth-order valence-corrected chi connectivity index (χ4v) is 2.81. The molecule has 0 aliphatic carbocycles. The van der Waals surface area contributed by atoms with Crippen LogP contribution in [-0.2, 0) is 9.53 Å². The minimum Gasteiger partial charge on any atom is -0.545 e. The molecule has 0 spiro atoms. The van der Waals surface area contributed by atoms with Gasteiger partial charge in [-0.05, 0) is 41.5 Å². The Morgan fingerprint density at radius 1 is 1.07 bits per heavy atom. The number of benzene rings is 2. The molecule has 2 aromatic rings. The third kappa shape index (κ3) is 4.75. The second kappa shape index (κ2) is 8.84. The van der Waals surface area contributed by atoms with Crippen molar-refractivity contribution in [1.82, 2.24) is 0 Å². The molecule has 142 valence electrons. The average Bonchev–Trinajstić information content (AvgIpc) is 2.73. The molecule has 0 aromatic heterocycles. The number of rotatable bonds is 5. The molecule has 1 heterocycles. The summed E-state index contributed by atoms with van der Waals surface area (Å²) in [5.74, 6) is -1.86. The molecule has 2 aromatic carbocycles.